The number of allylic oxidation sites excluding steroid dienone is 1. The van der Waals surface area contributed by atoms with Gasteiger partial charge < -0.3 is 4.90 Å². The van der Waals surface area contributed by atoms with Crippen LogP contribution in [0.25, 0.3) is 11.6 Å². The number of amides is 1. The Hall–Kier alpha value is -2.08. The predicted octanol–water partition coefficient (Wildman–Crippen LogP) is 4.77. The highest BCUT2D eigenvalue weighted by molar-refractivity contribution is 8.18. The van der Waals surface area contributed by atoms with Gasteiger partial charge in [-0.2, -0.15) is 0 Å². The Bertz CT molecular complexity index is 886. The molecule has 4 nitrogen and oxygen atoms in total. The summed E-state index contributed by atoms with van der Waals surface area (Å²) in [6, 6.07) is 3.41. The van der Waals surface area contributed by atoms with Crippen LogP contribution in [-0.4, -0.2) is 41.7 Å². The number of carbonyl (C=O) groups excluding carboxylic acids is 1. The van der Waals surface area contributed by atoms with Crippen molar-refractivity contribution < 1.29 is 9.18 Å². The summed E-state index contributed by atoms with van der Waals surface area (Å²) in [5.74, 6) is -0.437. The van der Waals surface area contributed by atoms with E-state index < -0.39 is 0 Å². The van der Waals surface area contributed by atoms with Crippen molar-refractivity contribution in [1.82, 2.24) is 4.90 Å². The molecule has 3 rings (SSSR count). The van der Waals surface area contributed by atoms with E-state index in [0.717, 1.165) is 16.8 Å². The minimum absolute atomic E-state index is 0.114. The van der Waals surface area contributed by atoms with E-state index in [9.17, 15) is 9.18 Å². The van der Waals surface area contributed by atoms with Crippen LogP contribution in [0.2, 0.25) is 0 Å². The van der Waals surface area contributed by atoms with Gasteiger partial charge in [0, 0.05) is 37.0 Å². The Morgan fingerprint density at radius 2 is 2.00 bits per heavy atom. The third-order valence-corrected chi connectivity index (χ3v) is 6.16. The summed E-state index contributed by atoms with van der Waals surface area (Å²) in [5.41, 5.74) is 3.23. The molecule has 0 aliphatic carbocycles. The number of amidine groups is 1. The Morgan fingerprint density at radius 1 is 1.30 bits per heavy atom. The molecule has 1 aromatic carbocycles. The fourth-order valence-electron chi connectivity index (χ4n) is 3.48. The number of hydrogen-bond acceptors (Lipinski definition) is 4. The molecular weight excluding hydrogens is 361 g/mol. The Kier molecular flexibility index (Phi) is 5.21. The second-order valence-electron chi connectivity index (χ2n) is 7.35. The van der Waals surface area contributed by atoms with Gasteiger partial charge in [-0.15, -0.1) is 0 Å². The number of halogens is 1. The number of fused-ring (bicyclic) bond motifs is 1. The van der Waals surface area contributed by atoms with E-state index in [1.807, 2.05) is 33.9 Å². The van der Waals surface area contributed by atoms with Crippen molar-refractivity contribution in [3.63, 3.8) is 0 Å². The van der Waals surface area contributed by atoms with Gasteiger partial charge >= 0.3 is 0 Å². The maximum atomic E-state index is 14.9. The van der Waals surface area contributed by atoms with Gasteiger partial charge in [0.1, 0.15) is 5.82 Å². The van der Waals surface area contributed by atoms with Crippen LogP contribution in [-0.2, 0) is 4.79 Å². The molecule has 27 heavy (non-hydrogen) atoms. The summed E-state index contributed by atoms with van der Waals surface area (Å²) in [7, 11) is 1.97. The van der Waals surface area contributed by atoms with Crippen LogP contribution < -0.4 is 4.90 Å². The van der Waals surface area contributed by atoms with Crippen molar-refractivity contribution in [2.24, 2.45) is 4.99 Å². The Morgan fingerprint density at radius 3 is 2.63 bits per heavy atom. The molecule has 0 aromatic heterocycles. The highest BCUT2D eigenvalue weighted by Gasteiger charge is 2.33. The average Bonchev–Trinajstić information content (AvgIpc) is 2.89. The van der Waals surface area contributed by atoms with Crippen molar-refractivity contribution in [3.8, 4) is 0 Å². The number of carbonyl (C=O) groups is 1. The van der Waals surface area contributed by atoms with Crippen molar-refractivity contribution in [3.05, 3.63) is 40.1 Å². The lowest BCUT2D eigenvalue weighted by Gasteiger charge is -2.40. The van der Waals surface area contributed by atoms with Crippen molar-refractivity contribution in [2.45, 2.75) is 40.2 Å². The van der Waals surface area contributed by atoms with Gasteiger partial charge in [0.05, 0.1) is 10.4 Å². The van der Waals surface area contributed by atoms with Gasteiger partial charge in [-0.1, -0.05) is 6.08 Å². The minimum atomic E-state index is -0.323. The first kappa shape index (κ1) is 19.7. The summed E-state index contributed by atoms with van der Waals surface area (Å²) in [6.07, 6.45) is 3.83. The molecule has 2 aliphatic rings. The zero-order chi connectivity index (χ0) is 19.9. The third-order valence-electron chi connectivity index (χ3n) is 5.12. The number of anilines is 1. The molecule has 1 fully saturated rings. The maximum Gasteiger partial charge on any atom is 0.266 e. The zero-order valence-corrected chi connectivity index (χ0v) is 17.6. The largest absolute Gasteiger partial charge is 0.365 e. The molecule has 0 unspecified atom stereocenters. The number of nitrogens with zero attached hydrogens (tertiary/aromatic N) is 3. The normalized spacial score (nSPS) is 21.9. The van der Waals surface area contributed by atoms with E-state index in [1.165, 1.54) is 11.8 Å². The molecule has 144 valence electrons. The molecule has 0 bridgehead atoms. The van der Waals surface area contributed by atoms with E-state index >= 15 is 0 Å². The van der Waals surface area contributed by atoms with Crippen LogP contribution in [0, 0.1) is 5.82 Å². The summed E-state index contributed by atoms with van der Waals surface area (Å²) >= 11 is 1.31. The van der Waals surface area contributed by atoms with Crippen LogP contribution in [0.5, 0.6) is 0 Å². The molecule has 0 atom stereocenters. The SMILES string of the molecule is CCN=C1S/C(=C/c2cc3c(cc2F)N(C)C(C)(C)C=C3C)C(=O)N1CC. The van der Waals surface area contributed by atoms with Crippen LogP contribution in [0.4, 0.5) is 10.1 Å². The van der Waals surface area contributed by atoms with Gasteiger partial charge in [-0.3, -0.25) is 14.7 Å². The van der Waals surface area contributed by atoms with E-state index in [1.54, 1.807) is 17.0 Å². The highest BCUT2D eigenvalue weighted by Crippen LogP contribution is 2.40. The Labute approximate surface area is 164 Å². The second kappa shape index (κ2) is 7.15. The summed E-state index contributed by atoms with van der Waals surface area (Å²) < 4.78 is 14.9. The lowest BCUT2D eigenvalue weighted by atomic mass is 9.88. The molecule has 2 heterocycles. The summed E-state index contributed by atoms with van der Waals surface area (Å²) in [5, 5.41) is 0.687. The molecule has 2 aliphatic heterocycles. The summed E-state index contributed by atoms with van der Waals surface area (Å²) in [6.45, 7) is 11.3. The second-order valence-corrected chi connectivity index (χ2v) is 8.36. The van der Waals surface area contributed by atoms with Gasteiger partial charge in [-0.25, -0.2) is 4.39 Å². The molecule has 0 N–H and O–H groups in total. The number of likely N-dealkylation sites (N-methyl/N-ethyl adjacent to an activating group) is 2. The van der Waals surface area contributed by atoms with Crippen LogP contribution >= 0.6 is 11.8 Å². The molecule has 0 radical (unpaired) electrons. The fourth-order valence-corrected chi connectivity index (χ4v) is 4.58. The topological polar surface area (TPSA) is 35.9 Å². The first-order valence-electron chi connectivity index (χ1n) is 9.22. The third kappa shape index (κ3) is 3.43. The number of rotatable bonds is 3. The standard InChI is InChI=1S/C21H26FN3OS/c1-7-23-20-25(8-2)19(26)18(27-20)10-14-9-15-13(3)12-21(4,5)24(6)17(15)11-16(14)22/h9-12H,7-8H2,1-6H3/b18-10+,23-20?. The van der Waals surface area contributed by atoms with Gasteiger partial charge in [0.2, 0.25) is 0 Å². The quantitative estimate of drug-likeness (QED) is 0.701. The lowest BCUT2D eigenvalue weighted by molar-refractivity contribution is -0.122. The van der Waals surface area contributed by atoms with Gasteiger partial charge in [0.25, 0.3) is 5.91 Å². The molecule has 1 saturated heterocycles. The molecule has 1 amide bonds. The van der Waals surface area contributed by atoms with Gasteiger partial charge in [0.15, 0.2) is 5.17 Å². The van der Waals surface area contributed by atoms with Crippen molar-refractivity contribution >= 4 is 40.2 Å². The Balaban J connectivity index is 2.05. The van der Waals surface area contributed by atoms with E-state index in [-0.39, 0.29) is 17.3 Å². The maximum absolute atomic E-state index is 14.9. The number of aliphatic imine (C=N–C) groups is 1. The van der Waals surface area contributed by atoms with E-state index in [4.69, 9.17) is 0 Å². The molecule has 0 saturated carbocycles. The summed E-state index contributed by atoms with van der Waals surface area (Å²) in [4.78, 5) is 21.2. The van der Waals surface area contributed by atoms with E-state index in [2.05, 4.69) is 29.8 Å². The number of hydrogen-bond donors (Lipinski definition) is 0. The van der Waals surface area contributed by atoms with Crippen LogP contribution in [0.15, 0.2) is 28.1 Å². The smallest absolute Gasteiger partial charge is 0.266 e. The first-order valence-corrected chi connectivity index (χ1v) is 10.0. The van der Waals surface area contributed by atoms with Crippen LogP contribution in [0.3, 0.4) is 0 Å². The molecular formula is C21H26FN3OS. The zero-order valence-electron chi connectivity index (χ0n) is 16.8. The number of benzene rings is 1. The van der Waals surface area contributed by atoms with E-state index in [0.29, 0.717) is 28.7 Å². The monoisotopic (exact) mass is 387 g/mol. The average molecular weight is 388 g/mol. The minimum Gasteiger partial charge on any atom is -0.365 e. The first-order chi connectivity index (χ1) is 12.7. The van der Waals surface area contributed by atoms with Crippen molar-refractivity contribution in [1.29, 1.82) is 0 Å². The van der Waals surface area contributed by atoms with Crippen molar-refractivity contribution in [2.75, 3.05) is 25.0 Å². The molecule has 1 aromatic rings. The van der Waals surface area contributed by atoms with Crippen LogP contribution in [0.1, 0.15) is 45.7 Å². The number of thioether (sulfide) groups is 1. The molecule has 0 spiro atoms. The fraction of sp³-hybridized carbons (Fsp3) is 0.429. The lowest BCUT2D eigenvalue weighted by Crippen LogP contribution is -2.42. The highest BCUT2D eigenvalue weighted by atomic mass is 32.2. The molecule has 6 heteroatoms. The van der Waals surface area contributed by atoms with Gasteiger partial charge in [-0.05, 0) is 70.2 Å². The predicted molar refractivity (Wildman–Crippen MR) is 113 cm³/mol.